The Morgan fingerprint density at radius 1 is 1.03 bits per heavy atom. The smallest absolute Gasteiger partial charge is 0.254 e. The van der Waals surface area contributed by atoms with Crippen molar-refractivity contribution in [3.8, 4) is 11.1 Å². The Morgan fingerprint density at radius 3 is 2.40 bits per heavy atom. The molecule has 0 unspecified atom stereocenters. The van der Waals surface area contributed by atoms with Gasteiger partial charge < -0.3 is 5.32 Å². The van der Waals surface area contributed by atoms with Gasteiger partial charge >= 0.3 is 0 Å². The number of nitrogens with zero attached hydrogens (tertiary/aromatic N) is 3. The van der Waals surface area contributed by atoms with E-state index < -0.39 is 0 Å². The fourth-order valence-electron chi connectivity index (χ4n) is 3.77. The molecule has 2 aromatic heterocycles. The zero-order chi connectivity index (χ0) is 21.1. The Kier molecular flexibility index (Phi) is 5.61. The summed E-state index contributed by atoms with van der Waals surface area (Å²) in [7, 11) is 0. The van der Waals surface area contributed by atoms with Gasteiger partial charge in [0.25, 0.3) is 5.91 Å². The molecule has 0 bridgehead atoms. The molecule has 0 aliphatic rings. The number of aromatic nitrogens is 3. The predicted molar refractivity (Wildman–Crippen MR) is 120 cm³/mol. The summed E-state index contributed by atoms with van der Waals surface area (Å²) in [5.74, 6) is -0.114. The minimum atomic E-state index is -0.114. The number of fused-ring (bicyclic) bond motifs is 1. The second kappa shape index (κ2) is 8.49. The molecule has 4 rings (SSSR count). The van der Waals surface area contributed by atoms with Crippen molar-refractivity contribution >= 4 is 11.6 Å². The van der Waals surface area contributed by atoms with Crippen LogP contribution >= 0.6 is 0 Å². The highest BCUT2D eigenvalue weighted by Gasteiger charge is 2.19. The number of rotatable bonds is 6. The first kappa shape index (κ1) is 19.8. The lowest BCUT2D eigenvalue weighted by Gasteiger charge is -2.15. The fraction of sp³-hybridized carbons (Fsp3) is 0.240. The number of nitrogens with one attached hydrogen (secondary N) is 1. The van der Waals surface area contributed by atoms with E-state index in [1.54, 1.807) is 10.7 Å². The molecule has 0 radical (unpaired) electrons. The second-order valence-corrected chi connectivity index (χ2v) is 7.72. The van der Waals surface area contributed by atoms with E-state index in [1.807, 2.05) is 57.2 Å². The van der Waals surface area contributed by atoms with Crippen molar-refractivity contribution in [2.45, 2.75) is 39.7 Å². The van der Waals surface area contributed by atoms with Gasteiger partial charge in [-0.15, -0.1) is 0 Å². The lowest BCUT2D eigenvalue weighted by molar-refractivity contribution is 0.0936. The average Bonchev–Trinajstić information content (AvgIpc) is 3.10. The van der Waals surface area contributed by atoms with E-state index in [2.05, 4.69) is 39.7 Å². The number of hydrogen-bond acceptors (Lipinski definition) is 3. The molecule has 0 saturated carbocycles. The van der Waals surface area contributed by atoms with Crippen LogP contribution in [0.5, 0.6) is 0 Å². The van der Waals surface area contributed by atoms with E-state index in [9.17, 15) is 4.79 Å². The van der Waals surface area contributed by atoms with E-state index >= 15 is 0 Å². The number of carbonyl (C=O) groups excluding carboxylic acids is 1. The zero-order valence-electron chi connectivity index (χ0n) is 17.6. The predicted octanol–water partition coefficient (Wildman–Crippen LogP) is 4.76. The first-order valence-corrected chi connectivity index (χ1v) is 10.3. The van der Waals surface area contributed by atoms with Crippen molar-refractivity contribution in [3.05, 3.63) is 89.4 Å². The van der Waals surface area contributed by atoms with Gasteiger partial charge in [-0.3, -0.25) is 4.79 Å². The molecule has 152 valence electrons. The molecule has 5 nitrogen and oxygen atoms in total. The lowest BCUT2D eigenvalue weighted by Crippen LogP contribution is -2.33. The molecule has 0 aliphatic heterocycles. The summed E-state index contributed by atoms with van der Waals surface area (Å²) < 4.78 is 1.78. The topological polar surface area (TPSA) is 59.3 Å². The third-order valence-corrected chi connectivity index (χ3v) is 5.45. The largest absolute Gasteiger partial charge is 0.349 e. The van der Waals surface area contributed by atoms with Gasteiger partial charge in [0.1, 0.15) is 0 Å². The summed E-state index contributed by atoms with van der Waals surface area (Å²) in [6.07, 6.45) is 3.47. The van der Waals surface area contributed by atoms with E-state index in [4.69, 9.17) is 0 Å². The number of hydrogen-bond donors (Lipinski definition) is 1. The Labute approximate surface area is 176 Å². The molecule has 0 saturated heterocycles. The van der Waals surface area contributed by atoms with E-state index in [1.165, 1.54) is 5.56 Å². The van der Waals surface area contributed by atoms with Crippen LogP contribution in [0, 0.1) is 13.8 Å². The zero-order valence-corrected chi connectivity index (χ0v) is 17.6. The molecule has 4 aromatic rings. The van der Waals surface area contributed by atoms with Crippen molar-refractivity contribution in [3.63, 3.8) is 0 Å². The minimum Gasteiger partial charge on any atom is -0.349 e. The molecular weight excluding hydrogens is 372 g/mol. The van der Waals surface area contributed by atoms with E-state index in [0.717, 1.165) is 41.0 Å². The number of aryl methyl sites for hydroxylation is 3. The van der Waals surface area contributed by atoms with Gasteiger partial charge in [0, 0.05) is 17.8 Å². The fourth-order valence-corrected chi connectivity index (χ4v) is 3.77. The summed E-state index contributed by atoms with van der Waals surface area (Å²) in [5.41, 5.74) is 6.36. The Hall–Kier alpha value is -3.47. The molecule has 0 fully saturated rings. The van der Waals surface area contributed by atoms with Crippen molar-refractivity contribution < 1.29 is 4.79 Å². The summed E-state index contributed by atoms with van der Waals surface area (Å²) in [5, 5.41) is 7.77. The van der Waals surface area contributed by atoms with Crippen molar-refractivity contribution in [2.75, 3.05) is 0 Å². The van der Waals surface area contributed by atoms with Gasteiger partial charge in [0.2, 0.25) is 0 Å². The quantitative estimate of drug-likeness (QED) is 0.509. The highest BCUT2D eigenvalue weighted by Crippen LogP contribution is 2.27. The van der Waals surface area contributed by atoms with Crippen LogP contribution in [0.15, 0.2) is 66.9 Å². The summed E-state index contributed by atoms with van der Waals surface area (Å²) in [6, 6.07) is 20.5. The van der Waals surface area contributed by atoms with Crippen LogP contribution in [-0.2, 0) is 6.42 Å². The molecule has 1 N–H and O–H groups in total. The maximum absolute atomic E-state index is 12.9. The van der Waals surface area contributed by atoms with Gasteiger partial charge in [0.05, 0.1) is 17.0 Å². The van der Waals surface area contributed by atoms with Gasteiger partial charge in [-0.05, 0) is 44.7 Å². The summed E-state index contributed by atoms with van der Waals surface area (Å²) in [4.78, 5) is 17.5. The Balaban J connectivity index is 1.54. The van der Waals surface area contributed by atoms with Crippen molar-refractivity contribution in [1.82, 2.24) is 19.9 Å². The minimum absolute atomic E-state index is 0.0621. The lowest BCUT2D eigenvalue weighted by atomic mass is 10.1. The van der Waals surface area contributed by atoms with Crippen LogP contribution in [0.1, 0.15) is 40.7 Å². The number of amides is 1. The highest BCUT2D eigenvalue weighted by atomic mass is 16.1. The molecule has 0 aliphatic carbocycles. The van der Waals surface area contributed by atoms with Gasteiger partial charge in [-0.2, -0.15) is 5.10 Å². The molecule has 2 heterocycles. The first-order valence-electron chi connectivity index (χ1n) is 10.3. The normalized spacial score (nSPS) is 12.1. The Bertz CT molecular complexity index is 1170. The van der Waals surface area contributed by atoms with E-state index in [0.29, 0.717) is 5.56 Å². The maximum atomic E-state index is 12.9. The van der Waals surface area contributed by atoms with Gasteiger partial charge in [0.15, 0.2) is 5.65 Å². The SMILES string of the molecule is Cc1nn2c(C)c(C(=O)N[C@H](C)CCc3ccccc3)cnc2c1-c1ccccc1. The van der Waals surface area contributed by atoms with Gasteiger partial charge in [-0.25, -0.2) is 9.50 Å². The monoisotopic (exact) mass is 398 g/mol. The van der Waals surface area contributed by atoms with Crippen LogP contribution < -0.4 is 5.32 Å². The first-order chi connectivity index (χ1) is 14.5. The van der Waals surface area contributed by atoms with Crippen molar-refractivity contribution in [2.24, 2.45) is 0 Å². The maximum Gasteiger partial charge on any atom is 0.254 e. The molecular formula is C25H26N4O. The molecule has 2 aromatic carbocycles. The summed E-state index contributed by atoms with van der Waals surface area (Å²) in [6.45, 7) is 5.93. The average molecular weight is 399 g/mol. The molecule has 5 heteroatoms. The van der Waals surface area contributed by atoms with E-state index in [-0.39, 0.29) is 11.9 Å². The number of benzene rings is 2. The molecule has 1 amide bonds. The summed E-state index contributed by atoms with van der Waals surface area (Å²) >= 11 is 0. The van der Waals surface area contributed by atoms with Crippen molar-refractivity contribution in [1.29, 1.82) is 0 Å². The third kappa shape index (κ3) is 3.96. The standard InChI is InChI=1S/C25H26N4O/c1-17(14-15-20-10-6-4-7-11-20)27-25(30)22-16-26-24-23(21-12-8-5-9-13-21)18(2)28-29(24)19(22)3/h4-13,16-17H,14-15H2,1-3H3,(H,27,30)/t17-/m1/s1. The number of carbonyl (C=O) groups is 1. The van der Waals surface area contributed by atoms with Crippen LogP contribution in [0.4, 0.5) is 0 Å². The molecule has 1 atom stereocenters. The highest BCUT2D eigenvalue weighted by molar-refractivity contribution is 5.95. The molecule has 0 spiro atoms. The van der Waals surface area contributed by atoms with Gasteiger partial charge in [-0.1, -0.05) is 60.7 Å². The second-order valence-electron chi connectivity index (χ2n) is 7.72. The Morgan fingerprint density at radius 2 is 1.70 bits per heavy atom. The van der Waals surface area contributed by atoms with Crippen LogP contribution in [0.25, 0.3) is 16.8 Å². The molecule has 30 heavy (non-hydrogen) atoms. The van der Waals surface area contributed by atoms with Crippen LogP contribution in [0.3, 0.4) is 0 Å². The van der Waals surface area contributed by atoms with Crippen LogP contribution in [0.2, 0.25) is 0 Å². The third-order valence-electron chi connectivity index (χ3n) is 5.45. The van der Waals surface area contributed by atoms with Crippen LogP contribution in [-0.4, -0.2) is 26.5 Å².